The number of rotatable bonds is 0. The molecule has 0 spiro atoms. The lowest BCUT2D eigenvalue weighted by atomic mass is 10.1. The number of fused-ring (bicyclic) bond motifs is 3. The minimum absolute atomic E-state index is 0.864. The molecule has 0 atom stereocenters. The molecule has 1 aliphatic rings. The summed E-state index contributed by atoms with van der Waals surface area (Å²) in [6.07, 6.45) is 2.00. The van der Waals surface area contributed by atoms with Gasteiger partial charge < -0.3 is 4.57 Å². The van der Waals surface area contributed by atoms with Crippen LogP contribution in [-0.4, -0.2) is 17.3 Å². The van der Waals surface area contributed by atoms with Crippen LogP contribution in [0, 0.1) is 0 Å². The largest absolute Gasteiger partial charge is 0.338 e. The number of benzene rings is 2. The van der Waals surface area contributed by atoms with E-state index in [-0.39, 0.29) is 0 Å². The molecule has 2 aromatic carbocycles. The molecule has 0 amide bonds. The average Bonchev–Trinajstić information content (AvgIpc) is 2.56. The Hall–Kier alpha value is -2.09. The van der Waals surface area contributed by atoms with Gasteiger partial charge in [0, 0.05) is 34.6 Å². The van der Waals surface area contributed by atoms with Gasteiger partial charge in [0.1, 0.15) is 0 Å². The highest BCUT2D eigenvalue weighted by Gasteiger charge is 2.13. The fraction of sp³-hybridized carbons (Fsp3) is 0.133. The lowest BCUT2D eigenvalue weighted by Gasteiger charge is -2.03. The molecule has 2 heterocycles. The van der Waals surface area contributed by atoms with Gasteiger partial charge >= 0.3 is 0 Å². The van der Waals surface area contributed by atoms with Crippen molar-refractivity contribution >= 4 is 28.0 Å². The predicted octanol–water partition coefficient (Wildman–Crippen LogP) is 3.23. The van der Waals surface area contributed by atoms with Gasteiger partial charge in [0.2, 0.25) is 0 Å². The predicted molar refractivity (Wildman–Crippen MR) is 71.9 cm³/mol. The Morgan fingerprint density at radius 2 is 1.82 bits per heavy atom. The van der Waals surface area contributed by atoms with Crippen molar-refractivity contribution in [1.29, 1.82) is 0 Å². The van der Waals surface area contributed by atoms with Crippen molar-refractivity contribution in [3.05, 3.63) is 48.0 Å². The molecule has 17 heavy (non-hydrogen) atoms. The van der Waals surface area contributed by atoms with Crippen molar-refractivity contribution in [2.75, 3.05) is 6.54 Å². The number of hydrogen-bond acceptors (Lipinski definition) is 1. The average molecular weight is 220 g/mol. The molecule has 0 bridgehead atoms. The van der Waals surface area contributed by atoms with Crippen LogP contribution in [0.4, 0.5) is 0 Å². The lowest BCUT2D eigenvalue weighted by Crippen LogP contribution is -1.99. The molecule has 0 radical (unpaired) electrons. The third-order valence-corrected chi connectivity index (χ3v) is 3.51. The summed E-state index contributed by atoms with van der Waals surface area (Å²) in [6, 6.07) is 15.1. The monoisotopic (exact) mass is 220 g/mol. The number of hydrogen-bond donors (Lipinski definition) is 0. The zero-order chi connectivity index (χ0) is 11.2. The van der Waals surface area contributed by atoms with Crippen molar-refractivity contribution < 1.29 is 0 Å². The summed E-state index contributed by atoms with van der Waals surface area (Å²) in [5.41, 5.74) is 3.88. The van der Waals surface area contributed by atoms with E-state index in [4.69, 9.17) is 0 Å². The van der Waals surface area contributed by atoms with E-state index in [1.807, 2.05) is 6.21 Å². The second-order valence-corrected chi connectivity index (χ2v) is 4.45. The van der Waals surface area contributed by atoms with Gasteiger partial charge in [0.05, 0.1) is 12.1 Å². The molecule has 0 unspecified atom stereocenters. The van der Waals surface area contributed by atoms with Gasteiger partial charge in [-0.05, 0) is 6.07 Å². The van der Waals surface area contributed by atoms with Crippen LogP contribution < -0.4 is 0 Å². The summed E-state index contributed by atoms with van der Waals surface area (Å²) >= 11 is 0. The van der Waals surface area contributed by atoms with E-state index in [9.17, 15) is 0 Å². The molecule has 1 aliphatic heterocycles. The van der Waals surface area contributed by atoms with Crippen LogP contribution in [0.3, 0.4) is 0 Å². The normalized spacial score (nSPS) is 14.4. The van der Waals surface area contributed by atoms with Gasteiger partial charge in [-0.3, -0.25) is 4.99 Å². The molecule has 3 aromatic rings. The highest BCUT2D eigenvalue weighted by atomic mass is 15.0. The first kappa shape index (κ1) is 8.99. The van der Waals surface area contributed by atoms with E-state index in [1.165, 1.54) is 27.4 Å². The van der Waals surface area contributed by atoms with Gasteiger partial charge in [-0.1, -0.05) is 36.4 Å². The Bertz CT molecular complexity index is 750. The number of nitrogens with zero attached hydrogens (tertiary/aromatic N) is 2. The van der Waals surface area contributed by atoms with E-state index >= 15 is 0 Å². The van der Waals surface area contributed by atoms with E-state index < -0.39 is 0 Å². The lowest BCUT2D eigenvalue weighted by molar-refractivity contribution is 0.765. The molecule has 0 aliphatic carbocycles. The highest BCUT2D eigenvalue weighted by Crippen LogP contribution is 2.31. The molecule has 0 N–H and O–H groups in total. The van der Waals surface area contributed by atoms with Crippen LogP contribution in [0.5, 0.6) is 0 Å². The van der Waals surface area contributed by atoms with E-state index in [1.54, 1.807) is 0 Å². The standard InChI is InChI=1S/C15H12N2/c1-2-7-14-12(5-1)13-6-3-4-11-10-16-8-9-17(14)15(11)13/h1-7,10H,8-9H2. The second-order valence-electron chi connectivity index (χ2n) is 4.45. The van der Waals surface area contributed by atoms with Gasteiger partial charge in [-0.25, -0.2) is 0 Å². The smallest absolute Gasteiger partial charge is 0.0581 e. The van der Waals surface area contributed by atoms with Crippen LogP contribution in [0.25, 0.3) is 21.8 Å². The second kappa shape index (κ2) is 3.20. The third-order valence-electron chi connectivity index (χ3n) is 3.51. The van der Waals surface area contributed by atoms with Crippen molar-refractivity contribution in [1.82, 2.24) is 4.57 Å². The SMILES string of the molecule is C1=NCCn2c3ccccc3c3cccc1c32. The molecule has 0 saturated carbocycles. The van der Waals surface area contributed by atoms with Crippen molar-refractivity contribution in [3.8, 4) is 0 Å². The highest BCUT2D eigenvalue weighted by molar-refractivity contribution is 6.13. The Balaban J connectivity index is 2.34. The van der Waals surface area contributed by atoms with Gasteiger partial charge in [0.25, 0.3) is 0 Å². The molecule has 0 saturated heterocycles. The molecule has 4 rings (SSSR count). The summed E-state index contributed by atoms with van der Waals surface area (Å²) in [5, 5.41) is 2.69. The van der Waals surface area contributed by atoms with E-state index in [0.29, 0.717) is 0 Å². The quantitative estimate of drug-likeness (QED) is 0.553. The maximum atomic E-state index is 4.44. The van der Waals surface area contributed by atoms with Gasteiger partial charge in [-0.15, -0.1) is 0 Å². The van der Waals surface area contributed by atoms with Crippen molar-refractivity contribution in [2.45, 2.75) is 6.54 Å². The third kappa shape index (κ3) is 1.12. The molecule has 0 fully saturated rings. The fourth-order valence-corrected chi connectivity index (χ4v) is 2.79. The molecule has 2 nitrogen and oxygen atoms in total. The van der Waals surface area contributed by atoms with E-state index in [0.717, 1.165) is 13.1 Å². The number of aromatic nitrogens is 1. The fourth-order valence-electron chi connectivity index (χ4n) is 2.79. The number of aliphatic imine (C=N–C) groups is 1. The molecular formula is C15H12N2. The molecule has 2 heteroatoms. The first-order chi connectivity index (χ1) is 8.45. The first-order valence-corrected chi connectivity index (χ1v) is 5.95. The van der Waals surface area contributed by atoms with Crippen LogP contribution in [0.2, 0.25) is 0 Å². The van der Waals surface area contributed by atoms with Crippen LogP contribution in [0.1, 0.15) is 5.56 Å². The minimum Gasteiger partial charge on any atom is -0.338 e. The summed E-state index contributed by atoms with van der Waals surface area (Å²) in [5.74, 6) is 0. The minimum atomic E-state index is 0.864. The summed E-state index contributed by atoms with van der Waals surface area (Å²) in [6.45, 7) is 1.83. The topological polar surface area (TPSA) is 17.3 Å². The summed E-state index contributed by atoms with van der Waals surface area (Å²) in [7, 11) is 0. The maximum Gasteiger partial charge on any atom is 0.0581 e. The van der Waals surface area contributed by atoms with E-state index in [2.05, 4.69) is 52.0 Å². The summed E-state index contributed by atoms with van der Waals surface area (Å²) in [4.78, 5) is 4.44. The van der Waals surface area contributed by atoms with Gasteiger partial charge in [0.15, 0.2) is 0 Å². The summed E-state index contributed by atoms with van der Waals surface area (Å²) < 4.78 is 2.40. The van der Waals surface area contributed by atoms with Crippen LogP contribution in [0.15, 0.2) is 47.5 Å². The zero-order valence-corrected chi connectivity index (χ0v) is 9.43. The Morgan fingerprint density at radius 1 is 0.941 bits per heavy atom. The van der Waals surface area contributed by atoms with Crippen molar-refractivity contribution in [2.24, 2.45) is 4.99 Å². The number of para-hydroxylation sites is 2. The zero-order valence-electron chi connectivity index (χ0n) is 9.43. The van der Waals surface area contributed by atoms with Crippen molar-refractivity contribution in [3.63, 3.8) is 0 Å². The van der Waals surface area contributed by atoms with Crippen LogP contribution in [-0.2, 0) is 6.54 Å². The Morgan fingerprint density at radius 3 is 2.82 bits per heavy atom. The molecular weight excluding hydrogens is 208 g/mol. The Kier molecular flexibility index (Phi) is 1.69. The maximum absolute atomic E-state index is 4.44. The molecule has 82 valence electrons. The molecule has 1 aromatic heterocycles. The Labute approximate surface area is 99.2 Å². The first-order valence-electron chi connectivity index (χ1n) is 5.95. The van der Waals surface area contributed by atoms with Crippen LogP contribution >= 0.6 is 0 Å². The van der Waals surface area contributed by atoms with Gasteiger partial charge in [-0.2, -0.15) is 0 Å².